The highest BCUT2D eigenvalue weighted by molar-refractivity contribution is 7.91. The van der Waals surface area contributed by atoms with Crippen LogP contribution in [0.4, 0.5) is 4.39 Å². The number of esters is 1. The van der Waals surface area contributed by atoms with Gasteiger partial charge in [0, 0.05) is 0 Å². The summed E-state index contributed by atoms with van der Waals surface area (Å²) in [6.45, 7) is -0.0235. The summed E-state index contributed by atoms with van der Waals surface area (Å²) in [5.41, 5.74) is 1.17. The lowest BCUT2D eigenvalue weighted by Gasteiger charge is -2.07. The van der Waals surface area contributed by atoms with E-state index in [2.05, 4.69) is 0 Å². The van der Waals surface area contributed by atoms with Crippen LogP contribution in [-0.4, -0.2) is 20.1 Å². The quantitative estimate of drug-likeness (QED) is 0.750. The molecule has 0 aliphatic carbocycles. The summed E-state index contributed by atoms with van der Waals surface area (Å²) < 4.78 is 42.6. The van der Waals surface area contributed by atoms with Crippen molar-refractivity contribution in [1.82, 2.24) is 0 Å². The molecule has 0 unspecified atom stereocenters. The summed E-state index contributed by atoms with van der Waals surface area (Å²) >= 11 is 0. The minimum atomic E-state index is -3.89. The molecule has 0 radical (unpaired) electrons. The third-order valence-electron chi connectivity index (χ3n) is 3.23. The predicted molar refractivity (Wildman–Crippen MR) is 84.0 cm³/mol. The average Bonchev–Trinajstić information content (AvgIpc) is 2.59. The second-order valence-corrected chi connectivity index (χ2v) is 7.05. The summed E-state index contributed by atoms with van der Waals surface area (Å²) in [4.78, 5) is 11.2. The number of carbonyl (C=O) groups excluding carboxylic acids is 1. The zero-order chi connectivity index (χ0) is 17.6. The van der Waals surface area contributed by atoms with Crippen LogP contribution >= 0.6 is 0 Å². The van der Waals surface area contributed by atoms with E-state index in [0.717, 1.165) is 12.1 Å². The summed E-state index contributed by atoms with van der Waals surface area (Å²) in [6.07, 6.45) is -0.368. The van der Waals surface area contributed by atoms with Gasteiger partial charge >= 0.3 is 5.97 Å². The van der Waals surface area contributed by atoms with Crippen LogP contribution in [0.3, 0.4) is 0 Å². The van der Waals surface area contributed by atoms with Gasteiger partial charge in [-0.15, -0.1) is 0 Å². The van der Waals surface area contributed by atoms with Gasteiger partial charge in [0.1, 0.15) is 17.3 Å². The SMILES string of the molecule is N#Cc1ccc(COC(=O)CCS(=O)(=O)c2ccccc2F)cc1. The summed E-state index contributed by atoms with van der Waals surface area (Å²) in [5, 5.41) is 8.69. The zero-order valence-electron chi connectivity index (χ0n) is 12.6. The van der Waals surface area contributed by atoms with Crippen molar-refractivity contribution in [2.24, 2.45) is 0 Å². The maximum Gasteiger partial charge on any atom is 0.307 e. The van der Waals surface area contributed by atoms with Crippen LogP contribution in [0.5, 0.6) is 0 Å². The molecule has 0 atom stereocenters. The summed E-state index contributed by atoms with van der Waals surface area (Å²) in [5.74, 6) is -2.07. The predicted octanol–water partition coefficient (Wildman–Crippen LogP) is 2.60. The molecular formula is C17H14FNO4S. The topological polar surface area (TPSA) is 84.2 Å². The number of halogens is 1. The van der Waals surface area contributed by atoms with Crippen LogP contribution in [0.25, 0.3) is 0 Å². The smallest absolute Gasteiger partial charge is 0.307 e. The van der Waals surface area contributed by atoms with Crippen LogP contribution < -0.4 is 0 Å². The van der Waals surface area contributed by atoms with Gasteiger partial charge in [-0.1, -0.05) is 24.3 Å². The van der Waals surface area contributed by atoms with Gasteiger partial charge in [-0.3, -0.25) is 4.79 Å². The molecule has 0 bridgehead atoms. The van der Waals surface area contributed by atoms with Crippen LogP contribution in [-0.2, 0) is 26.0 Å². The van der Waals surface area contributed by atoms with Gasteiger partial charge in [-0.25, -0.2) is 12.8 Å². The number of ether oxygens (including phenoxy) is 1. The molecular weight excluding hydrogens is 333 g/mol. The molecule has 0 heterocycles. The number of hydrogen-bond acceptors (Lipinski definition) is 5. The molecule has 24 heavy (non-hydrogen) atoms. The van der Waals surface area contributed by atoms with Crippen LogP contribution in [0, 0.1) is 17.1 Å². The Morgan fingerprint density at radius 3 is 2.42 bits per heavy atom. The lowest BCUT2D eigenvalue weighted by atomic mass is 10.2. The lowest BCUT2D eigenvalue weighted by Crippen LogP contribution is -2.14. The normalized spacial score (nSPS) is 10.8. The number of sulfone groups is 1. The molecule has 2 rings (SSSR count). The Morgan fingerprint density at radius 2 is 1.79 bits per heavy atom. The molecule has 0 saturated heterocycles. The first kappa shape index (κ1) is 17.6. The van der Waals surface area contributed by atoms with Gasteiger partial charge in [-0.2, -0.15) is 5.26 Å². The molecule has 124 valence electrons. The lowest BCUT2D eigenvalue weighted by molar-refractivity contribution is -0.144. The number of carbonyl (C=O) groups is 1. The Kier molecular flexibility index (Phi) is 5.66. The molecule has 2 aromatic rings. The van der Waals surface area contributed by atoms with Gasteiger partial charge in [-0.05, 0) is 29.8 Å². The highest BCUT2D eigenvalue weighted by Gasteiger charge is 2.20. The van der Waals surface area contributed by atoms with E-state index in [0.29, 0.717) is 11.1 Å². The number of hydrogen-bond donors (Lipinski definition) is 0. The fraction of sp³-hybridized carbons (Fsp3) is 0.176. The molecule has 0 fully saturated rings. The van der Waals surface area contributed by atoms with Crippen LogP contribution in [0.2, 0.25) is 0 Å². The summed E-state index contributed by atoms with van der Waals surface area (Å²) in [6, 6.07) is 13.4. The monoisotopic (exact) mass is 347 g/mol. The van der Waals surface area contributed by atoms with E-state index < -0.39 is 32.3 Å². The van der Waals surface area contributed by atoms with Crippen LogP contribution in [0.1, 0.15) is 17.5 Å². The maximum absolute atomic E-state index is 13.5. The van der Waals surface area contributed by atoms with E-state index in [9.17, 15) is 17.6 Å². The second-order valence-electron chi connectivity index (χ2n) is 4.97. The third kappa shape index (κ3) is 4.64. The van der Waals surface area contributed by atoms with Crippen molar-refractivity contribution in [1.29, 1.82) is 5.26 Å². The van der Waals surface area contributed by atoms with E-state index in [4.69, 9.17) is 10.00 Å². The maximum atomic E-state index is 13.5. The largest absolute Gasteiger partial charge is 0.461 e. The fourth-order valence-electron chi connectivity index (χ4n) is 1.94. The zero-order valence-corrected chi connectivity index (χ0v) is 13.4. The van der Waals surface area contributed by atoms with Crippen molar-refractivity contribution in [2.45, 2.75) is 17.9 Å². The van der Waals surface area contributed by atoms with Crippen molar-refractivity contribution in [3.05, 3.63) is 65.5 Å². The third-order valence-corrected chi connectivity index (χ3v) is 4.97. The second kappa shape index (κ2) is 7.70. The van der Waals surface area contributed by atoms with E-state index in [-0.39, 0.29) is 13.0 Å². The van der Waals surface area contributed by atoms with E-state index in [1.54, 1.807) is 24.3 Å². The number of nitriles is 1. The minimum absolute atomic E-state index is 0.0235. The van der Waals surface area contributed by atoms with Crippen molar-refractivity contribution >= 4 is 15.8 Å². The van der Waals surface area contributed by atoms with Crippen LogP contribution in [0.15, 0.2) is 53.4 Å². The first-order valence-electron chi connectivity index (χ1n) is 7.04. The Morgan fingerprint density at radius 1 is 1.12 bits per heavy atom. The van der Waals surface area contributed by atoms with E-state index >= 15 is 0 Å². The van der Waals surface area contributed by atoms with Gasteiger partial charge in [0.25, 0.3) is 0 Å². The average molecular weight is 347 g/mol. The Hall–Kier alpha value is -2.72. The summed E-state index contributed by atoms with van der Waals surface area (Å²) in [7, 11) is -3.89. The first-order chi connectivity index (χ1) is 11.4. The highest BCUT2D eigenvalue weighted by Crippen LogP contribution is 2.16. The molecule has 7 heteroatoms. The number of rotatable bonds is 6. The Balaban J connectivity index is 1.88. The van der Waals surface area contributed by atoms with E-state index in [1.807, 2.05) is 6.07 Å². The first-order valence-corrected chi connectivity index (χ1v) is 8.69. The standard InChI is InChI=1S/C17H14FNO4S/c18-15-3-1-2-4-16(15)24(21,22)10-9-17(20)23-12-14-7-5-13(11-19)6-8-14/h1-8H,9-10,12H2. The van der Waals surface area contributed by atoms with Gasteiger partial charge in [0.05, 0.1) is 23.8 Å². The fourth-order valence-corrected chi connectivity index (χ4v) is 3.24. The van der Waals surface area contributed by atoms with Crippen molar-refractivity contribution in [2.75, 3.05) is 5.75 Å². The molecule has 0 aromatic heterocycles. The Bertz CT molecular complexity index is 870. The van der Waals surface area contributed by atoms with E-state index in [1.165, 1.54) is 12.1 Å². The molecule has 0 amide bonds. The molecule has 0 aliphatic rings. The molecule has 0 saturated carbocycles. The van der Waals surface area contributed by atoms with Crippen molar-refractivity contribution in [3.8, 4) is 6.07 Å². The van der Waals surface area contributed by atoms with Gasteiger partial charge < -0.3 is 4.74 Å². The highest BCUT2D eigenvalue weighted by atomic mass is 32.2. The molecule has 0 aliphatic heterocycles. The molecule has 2 aromatic carbocycles. The number of benzene rings is 2. The molecule has 0 spiro atoms. The minimum Gasteiger partial charge on any atom is -0.461 e. The number of nitrogens with zero attached hydrogens (tertiary/aromatic N) is 1. The van der Waals surface area contributed by atoms with Gasteiger partial charge in [0.15, 0.2) is 9.84 Å². The Labute approximate surface area is 139 Å². The van der Waals surface area contributed by atoms with Crippen molar-refractivity contribution in [3.63, 3.8) is 0 Å². The molecule has 5 nitrogen and oxygen atoms in total. The molecule has 0 N–H and O–H groups in total. The van der Waals surface area contributed by atoms with Gasteiger partial charge in [0.2, 0.25) is 0 Å². The van der Waals surface area contributed by atoms with Crippen molar-refractivity contribution < 1.29 is 22.3 Å².